The van der Waals surface area contributed by atoms with E-state index in [0.717, 1.165) is 49.2 Å². The smallest absolute Gasteiger partial charge is 0.237 e. The van der Waals surface area contributed by atoms with E-state index < -0.39 is 0 Å². The molecule has 1 fully saturated rings. The fourth-order valence-corrected chi connectivity index (χ4v) is 4.42. The van der Waals surface area contributed by atoms with Crippen molar-refractivity contribution in [3.05, 3.63) is 28.5 Å². The lowest BCUT2D eigenvalue weighted by Crippen LogP contribution is -2.41. The van der Waals surface area contributed by atoms with Gasteiger partial charge in [0.1, 0.15) is 5.76 Å². The number of carbonyl (C=O) groups excluding carboxylic acids is 1. The lowest BCUT2D eigenvalue weighted by Gasteiger charge is -2.26. The van der Waals surface area contributed by atoms with Crippen LogP contribution in [0.25, 0.3) is 10.8 Å². The molecule has 0 radical (unpaired) electrons. The van der Waals surface area contributed by atoms with Crippen LogP contribution in [0.1, 0.15) is 17.0 Å². The van der Waals surface area contributed by atoms with Crippen molar-refractivity contribution in [3.63, 3.8) is 0 Å². The van der Waals surface area contributed by atoms with Gasteiger partial charge in [0.2, 0.25) is 11.8 Å². The molecular weight excluding hydrogens is 370 g/mol. The van der Waals surface area contributed by atoms with Crippen LogP contribution < -0.4 is 5.32 Å². The minimum Gasteiger partial charge on any atom is -0.440 e. The first-order valence-corrected chi connectivity index (χ1v) is 10.8. The Hall–Kier alpha value is -1.35. The normalized spacial score (nSPS) is 15.3. The zero-order chi connectivity index (χ0) is 18.4. The van der Waals surface area contributed by atoms with Crippen LogP contribution in [-0.4, -0.2) is 60.9 Å². The van der Waals surface area contributed by atoms with E-state index in [0.29, 0.717) is 23.9 Å². The number of hydrogen-bond acceptors (Lipinski definition) is 7. The summed E-state index contributed by atoms with van der Waals surface area (Å²) in [7, 11) is 0. The maximum atomic E-state index is 12.0. The average Bonchev–Trinajstić information content (AvgIpc) is 3.21. The first-order chi connectivity index (χ1) is 12.6. The molecule has 0 unspecified atom stereocenters. The summed E-state index contributed by atoms with van der Waals surface area (Å²) >= 11 is 3.20. The summed E-state index contributed by atoms with van der Waals surface area (Å²) in [6.45, 7) is 9.01. The van der Waals surface area contributed by atoms with Gasteiger partial charge in [-0.15, -0.1) is 23.1 Å². The van der Waals surface area contributed by atoms with Gasteiger partial charge in [0.25, 0.3) is 0 Å². The van der Waals surface area contributed by atoms with Crippen LogP contribution in [0.4, 0.5) is 0 Å². The van der Waals surface area contributed by atoms with Gasteiger partial charge in [-0.2, -0.15) is 0 Å². The lowest BCUT2D eigenvalue weighted by atomic mass is 10.3. The van der Waals surface area contributed by atoms with E-state index in [1.807, 2.05) is 12.3 Å². The Morgan fingerprint density at radius 1 is 1.38 bits per heavy atom. The van der Waals surface area contributed by atoms with E-state index in [1.165, 1.54) is 5.56 Å². The fourth-order valence-electron chi connectivity index (χ4n) is 2.72. The number of carbonyl (C=O) groups is 1. The van der Waals surface area contributed by atoms with Gasteiger partial charge in [-0.05, 0) is 30.9 Å². The van der Waals surface area contributed by atoms with Crippen molar-refractivity contribution in [1.82, 2.24) is 15.2 Å². The molecule has 2 aromatic rings. The molecule has 1 amide bonds. The molecule has 1 saturated heterocycles. The second-order valence-corrected chi connectivity index (χ2v) is 8.15. The Balaban J connectivity index is 1.38. The first-order valence-electron chi connectivity index (χ1n) is 8.79. The Kier molecular flexibility index (Phi) is 7.13. The molecule has 0 bridgehead atoms. The van der Waals surface area contributed by atoms with Crippen molar-refractivity contribution < 1.29 is 13.9 Å². The average molecular weight is 396 g/mol. The molecule has 142 valence electrons. The highest BCUT2D eigenvalue weighted by Crippen LogP contribution is 2.30. The van der Waals surface area contributed by atoms with Gasteiger partial charge in [0, 0.05) is 31.9 Å². The van der Waals surface area contributed by atoms with E-state index in [-0.39, 0.29) is 5.91 Å². The zero-order valence-corrected chi connectivity index (χ0v) is 16.9. The van der Waals surface area contributed by atoms with Crippen molar-refractivity contribution in [2.45, 2.75) is 19.6 Å². The Morgan fingerprint density at radius 3 is 2.92 bits per heavy atom. The monoisotopic (exact) mass is 395 g/mol. The molecular formula is C18H25N3O3S2. The van der Waals surface area contributed by atoms with Crippen LogP contribution in [-0.2, 0) is 15.3 Å². The highest BCUT2D eigenvalue weighted by atomic mass is 32.2. The fraction of sp³-hybridized carbons (Fsp3) is 0.556. The standard InChI is InChI=1S/C18H25N3O3S2/c1-13-3-10-26-17(13)18-20-15(14(2)24-18)11-25-12-16(22)19-4-5-21-6-8-23-9-7-21/h3,10H,4-9,11-12H2,1-2H3,(H,19,22). The molecule has 3 rings (SSSR count). The predicted molar refractivity (Wildman–Crippen MR) is 106 cm³/mol. The van der Waals surface area contributed by atoms with E-state index >= 15 is 0 Å². The SMILES string of the molecule is Cc1ccsc1-c1nc(CSCC(=O)NCCN2CCOCC2)c(C)o1. The second kappa shape index (κ2) is 9.55. The van der Waals surface area contributed by atoms with E-state index in [2.05, 4.69) is 28.2 Å². The predicted octanol–water partition coefficient (Wildman–Crippen LogP) is 2.70. The molecule has 26 heavy (non-hydrogen) atoms. The summed E-state index contributed by atoms with van der Waals surface area (Å²) in [5, 5.41) is 5.02. The largest absolute Gasteiger partial charge is 0.440 e. The van der Waals surface area contributed by atoms with E-state index in [4.69, 9.17) is 9.15 Å². The maximum absolute atomic E-state index is 12.0. The number of oxazole rings is 1. The van der Waals surface area contributed by atoms with Crippen molar-refractivity contribution >= 4 is 29.0 Å². The molecule has 0 spiro atoms. The Bertz CT molecular complexity index is 723. The van der Waals surface area contributed by atoms with Gasteiger partial charge in [0.15, 0.2) is 0 Å². The molecule has 0 aromatic carbocycles. The zero-order valence-electron chi connectivity index (χ0n) is 15.2. The highest BCUT2D eigenvalue weighted by molar-refractivity contribution is 7.99. The van der Waals surface area contributed by atoms with Gasteiger partial charge in [-0.25, -0.2) is 4.98 Å². The number of aromatic nitrogens is 1. The number of ether oxygens (including phenoxy) is 1. The van der Waals surface area contributed by atoms with Crippen LogP contribution in [0, 0.1) is 13.8 Å². The third-order valence-corrected chi connectivity index (χ3v) is 6.22. The molecule has 1 aliphatic heterocycles. The van der Waals surface area contributed by atoms with Crippen LogP contribution >= 0.6 is 23.1 Å². The Morgan fingerprint density at radius 2 is 2.19 bits per heavy atom. The number of morpholine rings is 1. The van der Waals surface area contributed by atoms with E-state index in [1.54, 1.807) is 23.1 Å². The molecule has 0 atom stereocenters. The molecule has 1 aliphatic rings. The third-order valence-electron chi connectivity index (χ3n) is 4.27. The summed E-state index contributed by atoms with van der Waals surface area (Å²) in [4.78, 5) is 20.0. The Labute approximate surface area is 162 Å². The van der Waals surface area contributed by atoms with Crippen LogP contribution in [0.15, 0.2) is 15.9 Å². The molecule has 3 heterocycles. The van der Waals surface area contributed by atoms with E-state index in [9.17, 15) is 4.79 Å². The van der Waals surface area contributed by atoms with Gasteiger partial charge in [0.05, 0.1) is 29.5 Å². The van der Waals surface area contributed by atoms with Crippen LogP contribution in [0.2, 0.25) is 0 Å². The number of nitrogens with zero attached hydrogens (tertiary/aromatic N) is 2. The summed E-state index contributed by atoms with van der Waals surface area (Å²) in [5.74, 6) is 2.69. The number of hydrogen-bond donors (Lipinski definition) is 1. The van der Waals surface area contributed by atoms with Crippen molar-refractivity contribution in [2.24, 2.45) is 0 Å². The second-order valence-electron chi connectivity index (χ2n) is 6.25. The quantitative estimate of drug-likeness (QED) is 0.741. The van der Waals surface area contributed by atoms with Gasteiger partial charge < -0.3 is 14.5 Å². The summed E-state index contributed by atoms with van der Waals surface area (Å²) < 4.78 is 11.1. The number of thiophene rings is 1. The minimum atomic E-state index is 0.0683. The van der Waals surface area contributed by atoms with Crippen molar-refractivity contribution in [1.29, 1.82) is 0 Å². The maximum Gasteiger partial charge on any atom is 0.237 e. The molecule has 2 aromatic heterocycles. The summed E-state index contributed by atoms with van der Waals surface area (Å²) in [6.07, 6.45) is 0. The van der Waals surface area contributed by atoms with Crippen LogP contribution in [0.3, 0.4) is 0 Å². The van der Waals surface area contributed by atoms with Crippen molar-refractivity contribution in [3.8, 4) is 10.8 Å². The first kappa shape index (κ1) is 19.4. The molecule has 8 heteroatoms. The van der Waals surface area contributed by atoms with Crippen LogP contribution in [0.5, 0.6) is 0 Å². The number of nitrogens with one attached hydrogen (secondary N) is 1. The van der Waals surface area contributed by atoms with Gasteiger partial charge in [-0.1, -0.05) is 0 Å². The molecule has 1 N–H and O–H groups in total. The molecule has 6 nitrogen and oxygen atoms in total. The topological polar surface area (TPSA) is 67.6 Å². The van der Waals surface area contributed by atoms with Crippen molar-refractivity contribution in [2.75, 3.05) is 45.1 Å². The highest BCUT2D eigenvalue weighted by Gasteiger charge is 2.15. The number of rotatable bonds is 8. The molecule has 0 saturated carbocycles. The van der Waals surface area contributed by atoms with Gasteiger partial charge >= 0.3 is 0 Å². The lowest BCUT2D eigenvalue weighted by molar-refractivity contribution is -0.118. The van der Waals surface area contributed by atoms with Gasteiger partial charge in [-0.3, -0.25) is 9.69 Å². The third kappa shape index (κ3) is 5.33. The number of aryl methyl sites for hydroxylation is 2. The number of thioether (sulfide) groups is 1. The molecule has 0 aliphatic carbocycles. The minimum absolute atomic E-state index is 0.0683. The summed E-state index contributed by atoms with van der Waals surface area (Å²) in [6, 6.07) is 2.06. The number of amides is 1. The summed E-state index contributed by atoms with van der Waals surface area (Å²) in [5.41, 5.74) is 2.09.